The first kappa shape index (κ1) is 18.9. The number of nitrogens with zero attached hydrogens (tertiary/aromatic N) is 1. The summed E-state index contributed by atoms with van der Waals surface area (Å²) in [7, 11) is 0. The zero-order valence-electron chi connectivity index (χ0n) is 12.7. The molecule has 1 aromatic carbocycles. The van der Waals surface area contributed by atoms with Gasteiger partial charge in [-0.2, -0.15) is 0 Å². The van der Waals surface area contributed by atoms with Gasteiger partial charge in [0.15, 0.2) is 0 Å². The number of carbonyl (C=O) groups is 3. The molecule has 1 aromatic rings. The molecule has 0 radical (unpaired) electrons. The summed E-state index contributed by atoms with van der Waals surface area (Å²) in [4.78, 5) is 35.8. The third-order valence-corrected chi connectivity index (χ3v) is 3.55. The van der Waals surface area contributed by atoms with Gasteiger partial charge >= 0.3 is 0 Å². The molecule has 1 aliphatic rings. The fourth-order valence-electron chi connectivity index (χ4n) is 2.34. The normalized spacial score (nSPS) is 15.0. The van der Waals surface area contributed by atoms with Crippen LogP contribution in [0, 0.1) is 0 Å². The molecule has 3 amide bonds. The highest BCUT2D eigenvalue weighted by atomic mass is 35.5. The van der Waals surface area contributed by atoms with Crippen LogP contribution in [0.3, 0.4) is 0 Å². The van der Waals surface area contributed by atoms with Crippen LogP contribution in [0.5, 0.6) is 0 Å². The number of nitrogens with one attached hydrogen (secondary N) is 1. The van der Waals surface area contributed by atoms with E-state index >= 15 is 0 Å². The average Bonchev–Trinajstić information content (AvgIpc) is 2.90. The van der Waals surface area contributed by atoms with Crippen LogP contribution >= 0.6 is 12.4 Å². The Hall–Kier alpha value is -2.12. The minimum atomic E-state index is -0.931. The van der Waals surface area contributed by atoms with Gasteiger partial charge in [-0.25, -0.2) is 0 Å². The Balaban J connectivity index is 0.00000264. The predicted octanol–water partition coefficient (Wildman–Crippen LogP) is 0.0541. The number of hydrogen-bond donors (Lipinski definition) is 3. The van der Waals surface area contributed by atoms with Crippen molar-refractivity contribution < 1.29 is 14.4 Å². The molecule has 2 rings (SSSR count). The van der Waals surface area contributed by atoms with Crippen molar-refractivity contribution in [3.8, 4) is 0 Å². The Morgan fingerprint density at radius 3 is 2.43 bits per heavy atom. The predicted molar refractivity (Wildman–Crippen MR) is 88.9 cm³/mol. The Bertz CT molecular complexity index is 577. The first-order chi connectivity index (χ1) is 10.5. The standard InChI is InChI=1S/C15H20N4O3.ClH/c16-12(8-13(17)20)15(22)18-9-10-3-5-11(6-4-10)19-7-1-2-14(19)21;/h3-6,12H,1-2,7-9,16H2,(H2,17,20)(H,18,22);1H. The lowest BCUT2D eigenvalue weighted by atomic mass is 10.1. The van der Waals surface area contributed by atoms with Gasteiger partial charge in [0, 0.05) is 25.2 Å². The van der Waals surface area contributed by atoms with Crippen molar-refractivity contribution >= 4 is 35.8 Å². The number of nitrogens with two attached hydrogens (primary N) is 2. The van der Waals surface area contributed by atoms with Crippen LogP contribution in [-0.4, -0.2) is 30.3 Å². The van der Waals surface area contributed by atoms with Gasteiger partial charge < -0.3 is 21.7 Å². The van der Waals surface area contributed by atoms with Crippen molar-refractivity contribution in [2.75, 3.05) is 11.4 Å². The third-order valence-electron chi connectivity index (χ3n) is 3.55. The van der Waals surface area contributed by atoms with E-state index in [1.165, 1.54) is 0 Å². The Morgan fingerprint density at radius 2 is 1.91 bits per heavy atom. The second kappa shape index (κ2) is 8.50. The molecule has 0 bridgehead atoms. The zero-order chi connectivity index (χ0) is 16.1. The fourth-order valence-corrected chi connectivity index (χ4v) is 2.34. The maximum atomic E-state index is 11.7. The number of rotatable bonds is 6. The van der Waals surface area contributed by atoms with Gasteiger partial charge in [0.05, 0.1) is 12.5 Å². The molecule has 0 aliphatic carbocycles. The minimum Gasteiger partial charge on any atom is -0.370 e. The molecular weight excluding hydrogens is 320 g/mol. The topological polar surface area (TPSA) is 119 Å². The summed E-state index contributed by atoms with van der Waals surface area (Å²) in [6.07, 6.45) is 1.30. The first-order valence-corrected chi connectivity index (χ1v) is 7.18. The summed E-state index contributed by atoms with van der Waals surface area (Å²) in [5, 5.41) is 2.65. The van der Waals surface area contributed by atoms with Crippen molar-refractivity contribution in [1.82, 2.24) is 5.32 Å². The van der Waals surface area contributed by atoms with Crippen LogP contribution in [0.15, 0.2) is 24.3 Å². The van der Waals surface area contributed by atoms with Crippen molar-refractivity contribution in [2.24, 2.45) is 11.5 Å². The van der Waals surface area contributed by atoms with Crippen molar-refractivity contribution in [3.63, 3.8) is 0 Å². The molecule has 5 N–H and O–H groups in total. The molecule has 23 heavy (non-hydrogen) atoms. The number of carbonyl (C=O) groups excluding carboxylic acids is 3. The van der Waals surface area contributed by atoms with Gasteiger partial charge in [0.1, 0.15) is 0 Å². The highest BCUT2D eigenvalue weighted by Crippen LogP contribution is 2.21. The highest BCUT2D eigenvalue weighted by molar-refractivity contribution is 5.95. The average molecular weight is 341 g/mol. The Morgan fingerprint density at radius 1 is 1.26 bits per heavy atom. The van der Waals surface area contributed by atoms with E-state index in [-0.39, 0.29) is 24.7 Å². The molecule has 126 valence electrons. The fraction of sp³-hybridized carbons (Fsp3) is 0.400. The van der Waals surface area contributed by atoms with Crippen LogP contribution in [0.4, 0.5) is 5.69 Å². The Labute approximate surface area is 140 Å². The maximum Gasteiger partial charge on any atom is 0.237 e. The number of anilines is 1. The largest absolute Gasteiger partial charge is 0.370 e. The molecule has 7 nitrogen and oxygen atoms in total. The lowest BCUT2D eigenvalue weighted by Crippen LogP contribution is -2.42. The highest BCUT2D eigenvalue weighted by Gasteiger charge is 2.21. The summed E-state index contributed by atoms with van der Waals surface area (Å²) in [6.45, 7) is 1.05. The summed E-state index contributed by atoms with van der Waals surface area (Å²) >= 11 is 0. The van der Waals surface area contributed by atoms with Gasteiger partial charge in [0.2, 0.25) is 17.7 Å². The second-order valence-corrected chi connectivity index (χ2v) is 5.31. The van der Waals surface area contributed by atoms with Gasteiger partial charge in [-0.1, -0.05) is 12.1 Å². The quantitative estimate of drug-likeness (QED) is 0.678. The molecule has 0 aromatic heterocycles. The third kappa shape index (κ3) is 5.22. The lowest BCUT2D eigenvalue weighted by molar-refractivity contribution is -0.126. The monoisotopic (exact) mass is 340 g/mol. The van der Waals surface area contributed by atoms with Crippen LogP contribution < -0.4 is 21.7 Å². The molecule has 1 unspecified atom stereocenters. The molecule has 8 heteroatoms. The van der Waals surface area contributed by atoms with Crippen LogP contribution in [-0.2, 0) is 20.9 Å². The van der Waals surface area contributed by atoms with E-state index in [0.717, 1.165) is 24.2 Å². The van der Waals surface area contributed by atoms with Gasteiger partial charge in [0.25, 0.3) is 0 Å². The van der Waals surface area contributed by atoms with E-state index in [1.807, 2.05) is 24.3 Å². The van der Waals surface area contributed by atoms with Crippen molar-refractivity contribution in [3.05, 3.63) is 29.8 Å². The molecule has 1 fully saturated rings. The molecule has 0 spiro atoms. The van der Waals surface area contributed by atoms with E-state index in [4.69, 9.17) is 11.5 Å². The second-order valence-electron chi connectivity index (χ2n) is 5.31. The van der Waals surface area contributed by atoms with Crippen molar-refractivity contribution in [1.29, 1.82) is 0 Å². The molecule has 1 aliphatic heterocycles. The van der Waals surface area contributed by atoms with E-state index in [9.17, 15) is 14.4 Å². The van der Waals surface area contributed by atoms with E-state index in [0.29, 0.717) is 13.0 Å². The first-order valence-electron chi connectivity index (χ1n) is 7.18. The molecule has 1 heterocycles. The summed E-state index contributed by atoms with van der Waals surface area (Å²) in [5.41, 5.74) is 12.3. The molecule has 1 atom stereocenters. The van der Waals surface area contributed by atoms with Gasteiger partial charge in [-0.3, -0.25) is 14.4 Å². The maximum absolute atomic E-state index is 11.7. The van der Waals surface area contributed by atoms with E-state index in [2.05, 4.69) is 5.32 Å². The number of primary amides is 1. The molecular formula is C15H21ClN4O3. The zero-order valence-corrected chi connectivity index (χ0v) is 13.5. The Kier molecular flexibility index (Phi) is 6.99. The SMILES string of the molecule is Cl.NC(=O)CC(N)C(=O)NCc1ccc(N2CCCC2=O)cc1. The number of halogens is 1. The van der Waals surface area contributed by atoms with E-state index in [1.54, 1.807) is 4.90 Å². The van der Waals surface area contributed by atoms with Crippen LogP contribution in [0.25, 0.3) is 0 Å². The minimum absolute atomic E-state index is 0. The van der Waals surface area contributed by atoms with Crippen LogP contribution in [0.2, 0.25) is 0 Å². The number of amides is 3. The number of hydrogen-bond acceptors (Lipinski definition) is 4. The van der Waals surface area contributed by atoms with Gasteiger partial charge in [-0.15, -0.1) is 12.4 Å². The van der Waals surface area contributed by atoms with Gasteiger partial charge in [-0.05, 0) is 24.1 Å². The summed E-state index contributed by atoms with van der Waals surface area (Å²) in [6, 6.07) is 6.47. The van der Waals surface area contributed by atoms with E-state index < -0.39 is 17.9 Å². The smallest absolute Gasteiger partial charge is 0.237 e. The molecule has 1 saturated heterocycles. The van der Waals surface area contributed by atoms with Crippen LogP contribution in [0.1, 0.15) is 24.8 Å². The van der Waals surface area contributed by atoms with Crippen molar-refractivity contribution in [2.45, 2.75) is 31.8 Å². The number of benzene rings is 1. The molecule has 0 saturated carbocycles. The lowest BCUT2D eigenvalue weighted by Gasteiger charge is -2.16. The summed E-state index contributed by atoms with van der Waals surface area (Å²) < 4.78 is 0. The summed E-state index contributed by atoms with van der Waals surface area (Å²) in [5.74, 6) is -0.890.